The van der Waals surface area contributed by atoms with Gasteiger partial charge in [-0.2, -0.15) is 0 Å². The Bertz CT molecular complexity index is 1000. The van der Waals surface area contributed by atoms with Gasteiger partial charge in [-0.25, -0.2) is 0 Å². The number of amides is 1. The molecule has 8 heteroatoms. The summed E-state index contributed by atoms with van der Waals surface area (Å²) in [5, 5.41) is 12.2. The van der Waals surface area contributed by atoms with Gasteiger partial charge >= 0.3 is 0 Å². The molecule has 0 fully saturated rings. The van der Waals surface area contributed by atoms with E-state index in [-0.39, 0.29) is 11.7 Å². The molecule has 2 aromatic carbocycles. The SMILES string of the molecule is C=CCn1c(CSc2ccc(C)cc2)nnc1SCC(=O)Nc1cccc(OC)c1. The van der Waals surface area contributed by atoms with Crippen LogP contribution in [-0.2, 0) is 17.1 Å². The van der Waals surface area contributed by atoms with Crippen LogP contribution in [0.5, 0.6) is 5.75 Å². The standard InChI is InChI=1S/C22H24N4O2S2/c1-4-12-26-20(14-29-19-10-8-16(2)9-11-19)24-25-22(26)30-15-21(27)23-17-6-5-7-18(13-17)28-3/h4-11,13H,1,12,14-15H2,2-3H3,(H,23,27). The van der Waals surface area contributed by atoms with Gasteiger partial charge in [-0.1, -0.05) is 41.6 Å². The molecule has 6 nitrogen and oxygen atoms in total. The lowest BCUT2D eigenvalue weighted by atomic mass is 10.2. The number of anilines is 1. The number of nitrogens with one attached hydrogen (secondary N) is 1. The molecule has 0 aliphatic carbocycles. The van der Waals surface area contributed by atoms with Gasteiger partial charge in [0.05, 0.1) is 18.6 Å². The number of hydrogen-bond donors (Lipinski definition) is 1. The summed E-state index contributed by atoms with van der Waals surface area (Å²) in [6.45, 7) is 6.50. The van der Waals surface area contributed by atoms with Crippen LogP contribution in [0.25, 0.3) is 0 Å². The van der Waals surface area contributed by atoms with Gasteiger partial charge in [0.1, 0.15) is 11.6 Å². The highest BCUT2D eigenvalue weighted by Gasteiger charge is 2.14. The fourth-order valence-electron chi connectivity index (χ4n) is 2.66. The topological polar surface area (TPSA) is 69.0 Å². The minimum Gasteiger partial charge on any atom is -0.497 e. The highest BCUT2D eigenvalue weighted by molar-refractivity contribution is 7.99. The van der Waals surface area contributed by atoms with Crippen molar-refractivity contribution in [1.82, 2.24) is 14.8 Å². The minimum atomic E-state index is -0.114. The molecule has 1 N–H and O–H groups in total. The van der Waals surface area contributed by atoms with Crippen molar-refractivity contribution in [2.24, 2.45) is 0 Å². The number of methoxy groups -OCH3 is 1. The van der Waals surface area contributed by atoms with E-state index < -0.39 is 0 Å². The zero-order valence-electron chi connectivity index (χ0n) is 17.0. The van der Waals surface area contributed by atoms with E-state index in [1.54, 1.807) is 24.9 Å². The number of aromatic nitrogens is 3. The molecule has 1 aromatic heterocycles. The summed E-state index contributed by atoms with van der Waals surface area (Å²) in [5.74, 6) is 2.37. The van der Waals surface area contributed by atoms with Crippen molar-refractivity contribution in [2.75, 3.05) is 18.2 Å². The summed E-state index contributed by atoms with van der Waals surface area (Å²) >= 11 is 3.06. The lowest BCUT2D eigenvalue weighted by molar-refractivity contribution is -0.113. The summed E-state index contributed by atoms with van der Waals surface area (Å²) < 4.78 is 7.18. The first-order valence-electron chi connectivity index (χ1n) is 9.38. The number of thioether (sulfide) groups is 2. The zero-order valence-corrected chi connectivity index (χ0v) is 18.6. The van der Waals surface area contributed by atoms with E-state index in [1.165, 1.54) is 22.2 Å². The van der Waals surface area contributed by atoms with E-state index >= 15 is 0 Å². The van der Waals surface area contributed by atoms with Crippen molar-refractivity contribution < 1.29 is 9.53 Å². The molecule has 156 valence electrons. The first-order chi connectivity index (χ1) is 14.6. The Kier molecular flexibility index (Phi) is 7.98. The molecular weight excluding hydrogens is 416 g/mol. The second-order valence-corrected chi connectivity index (χ2v) is 8.46. The smallest absolute Gasteiger partial charge is 0.234 e. The van der Waals surface area contributed by atoms with Crippen molar-refractivity contribution in [3.8, 4) is 5.75 Å². The molecule has 30 heavy (non-hydrogen) atoms. The van der Waals surface area contributed by atoms with Crippen LogP contribution in [0.1, 0.15) is 11.4 Å². The predicted octanol–water partition coefficient (Wildman–Crippen LogP) is 4.80. The first-order valence-corrected chi connectivity index (χ1v) is 11.4. The highest BCUT2D eigenvalue weighted by atomic mass is 32.2. The summed E-state index contributed by atoms with van der Waals surface area (Å²) in [4.78, 5) is 13.5. The molecule has 1 heterocycles. The quantitative estimate of drug-likeness (QED) is 0.361. The third-order valence-electron chi connectivity index (χ3n) is 4.18. The van der Waals surface area contributed by atoms with E-state index in [0.717, 1.165) is 5.82 Å². The average molecular weight is 441 g/mol. The van der Waals surface area contributed by atoms with Gasteiger partial charge in [0.25, 0.3) is 0 Å². The van der Waals surface area contributed by atoms with Crippen LogP contribution in [0.3, 0.4) is 0 Å². The molecule has 3 aromatic rings. The number of ether oxygens (including phenoxy) is 1. The van der Waals surface area contributed by atoms with E-state index in [9.17, 15) is 4.79 Å². The Hall–Kier alpha value is -2.71. The maximum Gasteiger partial charge on any atom is 0.234 e. The van der Waals surface area contributed by atoms with E-state index in [1.807, 2.05) is 28.8 Å². The van der Waals surface area contributed by atoms with Crippen LogP contribution in [0, 0.1) is 6.92 Å². The molecule has 0 bridgehead atoms. The number of carbonyl (C=O) groups excluding carboxylic acids is 1. The summed E-state index contributed by atoms with van der Waals surface area (Å²) in [6, 6.07) is 15.7. The number of allylic oxidation sites excluding steroid dienone is 1. The van der Waals surface area contributed by atoms with Gasteiger partial charge < -0.3 is 14.6 Å². The van der Waals surface area contributed by atoms with Gasteiger partial charge in [0, 0.05) is 23.2 Å². The van der Waals surface area contributed by atoms with Crippen molar-refractivity contribution in [2.45, 2.75) is 29.3 Å². The molecule has 0 saturated heterocycles. The monoisotopic (exact) mass is 440 g/mol. The van der Waals surface area contributed by atoms with Crippen molar-refractivity contribution >= 4 is 35.1 Å². The van der Waals surface area contributed by atoms with Crippen molar-refractivity contribution in [1.29, 1.82) is 0 Å². The second-order valence-electron chi connectivity index (χ2n) is 6.47. The molecule has 0 atom stereocenters. The molecule has 0 saturated carbocycles. The normalized spacial score (nSPS) is 10.6. The summed E-state index contributed by atoms with van der Waals surface area (Å²) in [5.41, 5.74) is 1.93. The molecule has 0 unspecified atom stereocenters. The number of rotatable bonds is 10. The Morgan fingerprint density at radius 2 is 2.00 bits per heavy atom. The molecule has 3 rings (SSSR count). The number of aryl methyl sites for hydroxylation is 1. The summed E-state index contributed by atoms with van der Waals surface area (Å²) in [7, 11) is 1.60. The van der Waals surface area contributed by atoms with Crippen LogP contribution < -0.4 is 10.1 Å². The lowest BCUT2D eigenvalue weighted by Gasteiger charge is -2.09. The highest BCUT2D eigenvalue weighted by Crippen LogP contribution is 2.25. The van der Waals surface area contributed by atoms with E-state index in [0.29, 0.717) is 28.9 Å². The maximum absolute atomic E-state index is 12.3. The maximum atomic E-state index is 12.3. The van der Waals surface area contributed by atoms with Crippen molar-refractivity contribution in [3.05, 3.63) is 72.6 Å². The Morgan fingerprint density at radius 1 is 1.20 bits per heavy atom. The van der Waals surface area contributed by atoms with Gasteiger partial charge in [-0.15, -0.1) is 28.5 Å². The second kappa shape index (κ2) is 10.9. The molecule has 0 radical (unpaired) electrons. The third kappa shape index (κ3) is 6.14. The number of benzene rings is 2. The van der Waals surface area contributed by atoms with Crippen LogP contribution in [0.4, 0.5) is 5.69 Å². The largest absolute Gasteiger partial charge is 0.497 e. The van der Waals surface area contributed by atoms with Crippen molar-refractivity contribution in [3.63, 3.8) is 0 Å². The first kappa shape index (κ1) is 22.0. The predicted molar refractivity (Wildman–Crippen MR) is 123 cm³/mol. The molecule has 1 amide bonds. The zero-order chi connectivity index (χ0) is 21.3. The van der Waals surface area contributed by atoms with E-state index in [2.05, 4.69) is 53.3 Å². The number of hydrogen-bond acceptors (Lipinski definition) is 6. The Morgan fingerprint density at radius 3 is 2.73 bits per heavy atom. The fourth-order valence-corrected chi connectivity index (χ4v) is 4.26. The number of carbonyl (C=O) groups is 1. The third-order valence-corrected chi connectivity index (χ3v) is 6.15. The average Bonchev–Trinajstić information content (AvgIpc) is 3.14. The molecule has 0 spiro atoms. The van der Waals surface area contributed by atoms with Gasteiger partial charge in [-0.3, -0.25) is 4.79 Å². The van der Waals surface area contributed by atoms with Crippen LogP contribution in [-0.4, -0.2) is 33.5 Å². The lowest BCUT2D eigenvalue weighted by Crippen LogP contribution is -2.14. The van der Waals surface area contributed by atoms with Gasteiger partial charge in [0.15, 0.2) is 5.16 Å². The molecule has 0 aliphatic rings. The molecular formula is C22H24N4O2S2. The molecule has 0 aliphatic heterocycles. The minimum absolute atomic E-state index is 0.114. The Balaban J connectivity index is 1.60. The Labute approximate surface area is 185 Å². The number of nitrogens with zero attached hydrogens (tertiary/aromatic N) is 3. The van der Waals surface area contributed by atoms with E-state index in [4.69, 9.17) is 4.74 Å². The van der Waals surface area contributed by atoms with Crippen LogP contribution >= 0.6 is 23.5 Å². The van der Waals surface area contributed by atoms with Crippen LogP contribution in [0.2, 0.25) is 0 Å². The fraction of sp³-hybridized carbons (Fsp3) is 0.227. The van der Waals surface area contributed by atoms with Gasteiger partial charge in [-0.05, 0) is 31.2 Å². The summed E-state index contributed by atoms with van der Waals surface area (Å²) in [6.07, 6.45) is 1.81. The van der Waals surface area contributed by atoms with Crippen LogP contribution in [0.15, 0.2) is 71.2 Å². The van der Waals surface area contributed by atoms with Gasteiger partial charge in [0.2, 0.25) is 5.91 Å².